The molecule has 1 N–H and O–H groups in total. The average molecular weight is 260 g/mol. The molecule has 0 unspecified atom stereocenters. The van der Waals surface area contributed by atoms with E-state index in [4.69, 9.17) is 4.74 Å². The summed E-state index contributed by atoms with van der Waals surface area (Å²) >= 11 is 0. The van der Waals surface area contributed by atoms with Gasteiger partial charge in [0, 0.05) is 38.8 Å². The highest BCUT2D eigenvalue weighted by Crippen LogP contribution is 2.11. The Morgan fingerprint density at radius 1 is 1.37 bits per heavy atom. The highest BCUT2D eigenvalue weighted by Gasteiger charge is 2.06. The second-order valence-corrected chi connectivity index (χ2v) is 4.55. The predicted octanol–water partition coefficient (Wildman–Crippen LogP) is 2.15. The number of aryl methyl sites for hydroxylation is 2. The van der Waals surface area contributed by atoms with Crippen LogP contribution in [0.15, 0.2) is 24.7 Å². The summed E-state index contributed by atoms with van der Waals surface area (Å²) in [6.45, 7) is 6.27. The Morgan fingerprint density at radius 2 is 2.21 bits per heavy atom. The van der Waals surface area contributed by atoms with Crippen LogP contribution in [-0.2, 0) is 17.8 Å². The second kappa shape index (κ2) is 6.33. The lowest BCUT2D eigenvalue weighted by Crippen LogP contribution is -2.10. The smallest absolute Gasteiger partial charge is 0.203 e. The number of hydrogen-bond donors (Lipinski definition) is 1. The first-order valence-electron chi connectivity index (χ1n) is 6.37. The molecule has 0 aromatic carbocycles. The number of pyridine rings is 1. The largest absolute Gasteiger partial charge is 0.383 e. The molecular formula is C14H20N4O. The Kier molecular flexibility index (Phi) is 4.52. The van der Waals surface area contributed by atoms with E-state index in [2.05, 4.69) is 26.8 Å². The van der Waals surface area contributed by atoms with Crippen LogP contribution in [0, 0.1) is 13.8 Å². The minimum absolute atomic E-state index is 0.677. The van der Waals surface area contributed by atoms with Crippen LogP contribution in [0.2, 0.25) is 0 Å². The summed E-state index contributed by atoms with van der Waals surface area (Å²) < 4.78 is 7.18. The number of nitrogens with zero attached hydrogens (tertiary/aromatic N) is 3. The van der Waals surface area contributed by atoms with Crippen molar-refractivity contribution in [2.45, 2.75) is 26.9 Å². The molecule has 2 heterocycles. The van der Waals surface area contributed by atoms with Crippen molar-refractivity contribution in [3.05, 3.63) is 41.5 Å². The fraction of sp³-hybridized carbons (Fsp3) is 0.429. The molecule has 0 spiro atoms. The summed E-state index contributed by atoms with van der Waals surface area (Å²) in [6.07, 6.45) is 5.72. The lowest BCUT2D eigenvalue weighted by Gasteiger charge is -2.10. The average Bonchev–Trinajstić information content (AvgIpc) is 2.76. The van der Waals surface area contributed by atoms with Crippen molar-refractivity contribution in [1.82, 2.24) is 14.5 Å². The molecule has 0 amide bonds. The fourth-order valence-corrected chi connectivity index (χ4v) is 1.90. The van der Waals surface area contributed by atoms with Gasteiger partial charge in [-0.1, -0.05) is 0 Å². The molecule has 5 nitrogen and oxygen atoms in total. The van der Waals surface area contributed by atoms with Crippen molar-refractivity contribution in [3.8, 4) is 0 Å². The second-order valence-electron chi connectivity index (χ2n) is 4.55. The van der Waals surface area contributed by atoms with Gasteiger partial charge in [0.05, 0.1) is 12.3 Å². The number of anilines is 1. The van der Waals surface area contributed by atoms with Crippen LogP contribution < -0.4 is 5.32 Å². The van der Waals surface area contributed by atoms with E-state index in [1.165, 1.54) is 11.1 Å². The molecule has 0 bridgehead atoms. The molecule has 0 aliphatic rings. The van der Waals surface area contributed by atoms with Gasteiger partial charge in [0.25, 0.3) is 0 Å². The van der Waals surface area contributed by atoms with Crippen molar-refractivity contribution in [1.29, 1.82) is 0 Å². The summed E-state index contributed by atoms with van der Waals surface area (Å²) in [7, 11) is 1.70. The minimum Gasteiger partial charge on any atom is -0.383 e. The number of imidazole rings is 1. The van der Waals surface area contributed by atoms with Crippen molar-refractivity contribution < 1.29 is 4.74 Å². The fourth-order valence-electron chi connectivity index (χ4n) is 1.90. The highest BCUT2D eigenvalue weighted by molar-refractivity contribution is 5.32. The van der Waals surface area contributed by atoms with Crippen molar-refractivity contribution >= 4 is 5.95 Å². The van der Waals surface area contributed by atoms with E-state index in [1.54, 1.807) is 7.11 Å². The maximum Gasteiger partial charge on any atom is 0.203 e. The third-order valence-electron chi connectivity index (χ3n) is 3.02. The first-order chi connectivity index (χ1) is 9.20. The van der Waals surface area contributed by atoms with E-state index in [0.717, 1.165) is 24.7 Å². The van der Waals surface area contributed by atoms with Gasteiger partial charge in [0.1, 0.15) is 0 Å². The molecule has 102 valence electrons. The molecule has 2 aromatic rings. The lowest BCUT2D eigenvalue weighted by atomic mass is 10.2. The Labute approximate surface area is 113 Å². The molecule has 5 heteroatoms. The molecule has 2 rings (SSSR count). The molecule has 2 aromatic heterocycles. The molecule has 0 aliphatic carbocycles. The van der Waals surface area contributed by atoms with Gasteiger partial charge in [-0.25, -0.2) is 4.98 Å². The third-order valence-corrected chi connectivity index (χ3v) is 3.02. The SMILES string of the molecule is COCCn1cc(C)nc1NCc1cnccc1C. The molecule has 19 heavy (non-hydrogen) atoms. The first kappa shape index (κ1) is 13.5. The minimum atomic E-state index is 0.677. The summed E-state index contributed by atoms with van der Waals surface area (Å²) in [6, 6.07) is 2.01. The molecule has 0 atom stereocenters. The van der Waals surface area contributed by atoms with E-state index >= 15 is 0 Å². The van der Waals surface area contributed by atoms with Gasteiger partial charge in [-0.3, -0.25) is 4.98 Å². The van der Waals surface area contributed by atoms with E-state index in [9.17, 15) is 0 Å². The van der Waals surface area contributed by atoms with Gasteiger partial charge < -0.3 is 14.6 Å². The van der Waals surface area contributed by atoms with Crippen LogP contribution in [0.4, 0.5) is 5.95 Å². The van der Waals surface area contributed by atoms with Crippen LogP contribution in [-0.4, -0.2) is 28.3 Å². The van der Waals surface area contributed by atoms with Crippen molar-refractivity contribution in [3.63, 3.8) is 0 Å². The van der Waals surface area contributed by atoms with Gasteiger partial charge in [0.15, 0.2) is 0 Å². The molecule has 0 fully saturated rings. The van der Waals surface area contributed by atoms with Gasteiger partial charge in [-0.2, -0.15) is 0 Å². The maximum absolute atomic E-state index is 5.11. The van der Waals surface area contributed by atoms with Crippen molar-refractivity contribution in [2.75, 3.05) is 19.0 Å². The summed E-state index contributed by atoms with van der Waals surface area (Å²) in [5.74, 6) is 0.873. The quantitative estimate of drug-likeness (QED) is 0.864. The van der Waals surface area contributed by atoms with Crippen LogP contribution in [0.1, 0.15) is 16.8 Å². The van der Waals surface area contributed by atoms with Gasteiger partial charge >= 0.3 is 0 Å². The highest BCUT2D eigenvalue weighted by atomic mass is 16.5. The molecule has 0 aliphatic heterocycles. The van der Waals surface area contributed by atoms with E-state index in [1.807, 2.05) is 31.6 Å². The third kappa shape index (κ3) is 3.54. The Bertz CT molecular complexity index is 536. The summed E-state index contributed by atoms with van der Waals surface area (Å²) in [5.41, 5.74) is 3.41. The summed E-state index contributed by atoms with van der Waals surface area (Å²) in [5, 5.41) is 3.36. The Balaban J connectivity index is 2.05. The molecule has 0 saturated carbocycles. The van der Waals surface area contributed by atoms with Crippen molar-refractivity contribution in [2.24, 2.45) is 0 Å². The Hall–Kier alpha value is -1.88. The van der Waals surface area contributed by atoms with Crippen LogP contribution >= 0.6 is 0 Å². The summed E-state index contributed by atoms with van der Waals surface area (Å²) in [4.78, 5) is 8.63. The van der Waals surface area contributed by atoms with E-state index < -0.39 is 0 Å². The van der Waals surface area contributed by atoms with E-state index in [-0.39, 0.29) is 0 Å². The number of nitrogens with one attached hydrogen (secondary N) is 1. The molecule has 0 saturated heterocycles. The lowest BCUT2D eigenvalue weighted by molar-refractivity contribution is 0.187. The number of aromatic nitrogens is 3. The normalized spacial score (nSPS) is 10.7. The first-order valence-corrected chi connectivity index (χ1v) is 6.37. The van der Waals surface area contributed by atoms with Crippen LogP contribution in [0.25, 0.3) is 0 Å². The van der Waals surface area contributed by atoms with E-state index in [0.29, 0.717) is 6.61 Å². The number of ether oxygens (including phenoxy) is 1. The van der Waals surface area contributed by atoms with Gasteiger partial charge in [0.2, 0.25) is 5.95 Å². The number of rotatable bonds is 6. The number of hydrogen-bond acceptors (Lipinski definition) is 4. The van der Waals surface area contributed by atoms with Gasteiger partial charge in [-0.05, 0) is 31.0 Å². The molecule has 0 radical (unpaired) electrons. The zero-order chi connectivity index (χ0) is 13.7. The van der Waals surface area contributed by atoms with Crippen LogP contribution in [0.5, 0.6) is 0 Å². The predicted molar refractivity (Wildman–Crippen MR) is 75.1 cm³/mol. The monoisotopic (exact) mass is 260 g/mol. The standard InChI is InChI=1S/C14H20N4O/c1-11-4-5-15-8-13(11)9-16-14-17-12(2)10-18(14)6-7-19-3/h4-5,8,10H,6-7,9H2,1-3H3,(H,16,17). The zero-order valence-corrected chi connectivity index (χ0v) is 11.7. The zero-order valence-electron chi connectivity index (χ0n) is 11.7. The Morgan fingerprint density at radius 3 is 2.95 bits per heavy atom. The molecular weight excluding hydrogens is 240 g/mol. The topological polar surface area (TPSA) is 52.0 Å². The maximum atomic E-state index is 5.11. The number of methoxy groups -OCH3 is 1. The van der Waals surface area contributed by atoms with Crippen LogP contribution in [0.3, 0.4) is 0 Å². The van der Waals surface area contributed by atoms with Gasteiger partial charge in [-0.15, -0.1) is 0 Å².